The van der Waals surface area contributed by atoms with Gasteiger partial charge in [0.25, 0.3) is 0 Å². The maximum absolute atomic E-state index is 6.18. The second kappa shape index (κ2) is 5.53. The van der Waals surface area contributed by atoms with Crippen molar-refractivity contribution in [2.45, 2.75) is 39.7 Å². The summed E-state index contributed by atoms with van der Waals surface area (Å²) < 4.78 is 0. The number of nitrogens with two attached hydrogens (primary N) is 1. The molecule has 0 radical (unpaired) electrons. The van der Waals surface area contributed by atoms with Crippen LogP contribution in [0.2, 0.25) is 5.02 Å². The molecule has 0 bridgehead atoms. The van der Waals surface area contributed by atoms with Gasteiger partial charge in [-0.25, -0.2) is 0 Å². The summed E-state index contributed by atoms with van der Waals surface area (Å²) in [6.07, 6.45) is 2.20. The van der Waals surface area contributed by atoms with Gasteiger partial charge in [0.15, 0.2) is 0 Å². The minimum absolute atomic E-state index is 0.110. The summed E-state index contributed by atoms with van der Waals surface area (Å²) in [5.74, 6) is 0.665. The molecule has 0 aliphatic carbocycles. The molecule has 1 aromatic carbocycles. The molecule has 2 atom stereocenters. The highest BCUT2D eigenvalue weighted by molar-refractivity contribution is 6.30. The van der Waals surface area contributed by atoms with E-state index < -0.39 is 0 Å². The van der Waals surface area contributed by atoms with Gasteiger partial charge in [-0.05, 0) is 42.5 Å². The Balaban J connectivity index is 2.80. The summed E-state index contributed by atoms with van der Waals surface area (Å²) in [6, 6.07) is 6.05. The first-order chi connectivity index (χ1) is 7.04. The number of hydrogen-bond donors (Lipinski definition) is 1. The van der Waals surface area contributed by atoms with Crippen molar-refractivity contribution in [1.82, 2.24) is 0 Å². The molecular weight excluding hydrogens is 206 g/mol. The van der Waals surface area contributed by atoms with E-state index in [2.05, 4.69) is 20.8 Å². The van der Waals surface area contributed by atoms with E-state index >= 15 is 0 Å². The maximum atomic E-state index is 6.18. The van der Waals surface area contributed by atoms with E-state index in [1.54, 1.807) is 0 Å². The Labute approximate surface area is 97.6 Å². The highest BCUT2D eigenvalue weighted by atomic mass is 35.5. The summed E-state index contributed by atoms with van der Waals surface area (Å²) in [5, 5.41) is 0.773. The Morgan fingerprint density at radius 2 is 2.07 bits per heavy atom. The molecule has 2 unspecified atom stereocenters. The molecule has 0 heterocycles. The van der Waals surface area contributed by atoms with Gasteiger partial charge in [0, 0.05) is 11.1 Å². The van der Waals surface area contributed by atoms with Crippen LogP contribution in [0, 0.1) is 12.8 Å². The van der Waals surface area contributed by atoms with Crippen molar-refractivity contribution >= 4 is 11.6 Å². The van der Waals surface area contributed by atoms with E-state index in [-0.39, 0.29) is 6.04 Å². The molecule has 15 heavy (non-hydrogen) atoms. The average molecular weight is 226 g/mol. The van der Waals surface area contributed by atoms with Crippen LogP contribution in [-0.4, -0.2) is 0 Å². The van der Waals surface area contributed by atoms with Gasteiger partial charge < -0.3 is 5.73 Å². The van der Waals surface area contributed by atoms with Gasteiger partial charge in [-0.15, -0.1) is 0 Å². The zero-order chi connectivity index (χ0) is 11.4. The molecule has 2 N–H and O–H groups in total. The Morgan fingerprint density at radius 3 is 2.67 bits per heavy atom. The zero-order valence-corrected chi connectivity index (χ0v) is 10.5. The lowest BCUT2D eigenvalue weighted by Gasteiger charge is -2.18. The molecule has 0 aliphatic heterocycles. The molecule has 1 rings (SSSR count). The number of hydrogen-bond acceptors (Lipinski definition) is 1. The molecule has 1 aromatic rings. The van der Waals surface area contributed by atoms with Crippen LogP contribution in [0.4, 0.5) is 0 Å². The van der Waals surface area contributed by atoms with Crippen molar-refractivity contribution < 1.29 is 0 Å². The topological polar surface area (TPSA) is 26.0 Å². The first-order valence-corrected chi connectivity index (χ1v) is 5.94. The van der Waals surface area contributed by atoms with Crippen molar-refractivity contribution in [3.05, 3.63) is 34.3 Å². The van der Waals surface area contributed by atoms with E-state index in [1.165, 1.54) is 17.5 Å². The van der Waals surface area contributed by atoms with Crippen LogP contribution in [0.1, 0.15) is 43.9 Å². The van der Waals surface area contributed by atoms with Gasteiger partial charge in [0.05, 0.1) is 0 Å². The molecule has 1 nitrogen and oxygen atoms in total. The average Bonchev–Trinajstić information content (AvgIpc) is 2.21. The van der Waals surface area contributed by atoms with Crippen LogP contribution in [-0.2, 0) is 0 Å². The summed E-state index contributed by atoms with van der Waals surface area (Å²) in [5.41, 5.74) is 8.60. The minimum atomic E-state index is 0.110. The van der Waals surface area contributed by atoms with Crippen LogP contribution in [0.5, 0.6) is 0 Å². The predicted molar refractivity (Wildman–Crippen MR) is 67.2 cm³/mol. The SMILES string of the molecule is CCC(C)CC(N)c1cc(Cl)ccc1C. The Kier molecular flexibility index (Phi) is 4.62. The smallest absolute Gasteiger partial charge is 0.0409 e. The van der Waals surface area contributed by atoms with Crippen molar-refractivity contribution in [3.63, 3.8) is 0 Å². The van der Waals surface area contributed by atoms with Gasteiger partial charge in [0.2, 0.25) is 0 Å². The van der Waals surface area contributed by atoms with Gasteiger partial charge in [-0.2, -0.15) is 0 Å². The zero-order valence-electron chi connectivity index (χ0n) is 9.76. The minimum Gasteiger partial charge on any atom is -0.324 e. The number of benzene rings is 1. The molecule has 0 aromatic heterocycles. The summed E-state index contributed by atoms with van der Waals surface area (Å²) >= 11 is 5.98. The summed E-state index contributed by atoms with van der Waals surface area (Å²) in [6.45, 7) is 6.52. The van der Waals surface area contributed by atoms with Crippen LogP contribution in [0.3, 0.4) is 0 Å². The third-order valence-corrected chi connectivity index (χ3v) is 3.23. The molecule has 0 saturated heterocycles. The Morgan fingerprint density at radius 1 is 1.40 bits per heavy atom. The van der Waals surface area contributed by atoms with Crippen molar-refractivity contribution in [2.24, 2.45) is 11.7 Å². The molecule has 0 saturated carbocycles. The first kappa shape index (κ1) is 12.5. The molecule has 84 valence electrons. The van der Waals surface area contributed by atoms with Crippen molar-refractivity contribution in [3.8, 4) is 0 Å². The third-order valence-electron chi connectivity index (χ3n) is 2.99. The lowest BCUT2D eigenvalue weighted by molar-refractivity contribution is 0.460. The van der Waals surface area contributed by atoms with Crippen molar-refractivity contribution in [2.75, 3.05) is 0 Å². The second-order valence-electron chi connectivity index (χ2n) is 4.36. The second-order valence-corrected chi connectivity index (χ2v) is 4.79. The highest BCUT2D eigenvalue weighted by Gasteiger charge is 2.12. The van der Waals surface area contributed by atoms with E-state index in [9.17, 15) is 0 Å². The third kappa shape index (κ3) is 3.51. The van der Waals surface area contributed by atoms with E-state index in [1.807, 2.05) is 18.2 Å². The molecule has 0 aliphatic rings. The van der Waals surface area contributed by atoms with E-state index in [0.29, 0.717) is 5.92 Å². The fourth-order valence-electron chi connectivity index (χ4n) is 1.74. The number of halogens is 1. The van der Waals surface area contributed by atoms with Gasteiger partial charge in [-0.1, -0.05) is 37.9 Å². The fourth-order valence-corrected chi connectivity index (χ4v) is 1.92. The summed E-state index contributed by atoms with van der Waals surface area (Å²) in [4.78, 5) is 0. The molecular formula is C13H20ClN. The number of rotatable bonds is 4. The lowest BCUT2D eigenvalue weighted by Crippen LogP contribution is -2.15. The fraction of sp³-hybridized carbons (Fsp3) is 0.538. The number of aryl methyl sites for hydroxylation is 1. The lowest BCUT2D eigenvalue weighted by atomic mass is 9.92. The summed E-state index contributed by atoms with van der Waals surface area (Å²) in [7, 11) is 0. The standard InChI is InChI=1S/C13H20ClN/c1-4-9(2)7-13(15)12-8-11(14)6-5-10(12)3/h5-6,8-9,13H,4,7,15H2,1-3H3. The normalized spacial score (nSPS) is 15.0. The largest absolute Gasteiger partial charge is 0.324 e. The Hall–Kier alpha value is -0.530. The highest BCUT2D eigenvalue weighted by Crippen LogP contribution is 2.25. The van der Waals surface area contributed by atoms with Crippen LogP contribution in [0.25, 0.3) is 0 Å². The maximum Gasteiger partial charge on any atom is 0.0409 e. The quantitative estimate of drug-likeness (QED) is 0.821. The molecule has 0 fully saturated rings. The van der Waals surface area contributed by atoms with E-state index in [4.69, 9.17) is 17.3 Å². The van der Waals surface area contributed by atoms with E-state index in [0.717, 1.165) is 11.4 Å². The predicted octanol–water partition coefficient (Wildman–Crippen LogP) is 4.08. The van der Waals surface area contributed by atoms with Gasteiger partial charge >= 0.3 is 0 Å². The molecule has 2 heteroatoms. The van der Waals surface area contributed by atoms with Crippen LogP contribution >= 0.6 is 11.6 Å². The van der Waals surface area contributed by atoms with Gasteiger partial charge in [-0.3, -0.25) is 0 Å². The van der Waals surface area contributed by atoms with Gasteiger partial charge in [0.1, 0.15) is 0 Å². The monoisotopic (exact) mass is 225 g/mol. The first-order valence-electron chi connectivity index (χ1n) is 5.56. The van der Waals surface area contributed by atoms with Crippen LogP contribution < -0.4 is 5.73 Å². The molecule has 0 spiro atoms. The molecule has 0 amide bonds. The van der Waals surface area contributed by atoms with Crippen LogP contribution in [0.15, 0.2) is 18.2 Å². The van der Waals surface area contributed by atoms with Crippen molar-refractivity contribution in [1.29, 1.82) is 0 Å². The Bertz CT molecular complexity index is 322.